The summed E-state index contributed by atoms with van der Waals surface area (Å²) in [6, 6.07) is 6.77. The number of rotatable bonds is 4. The molecule has 0 bridgehead atoms. The maximum atomic E-state index is 12.8. The molecular formula is C14H15N5O3. The van der Waals surface area contributed by atoms with Crippen LogP contribution in [0.3, 0.4) is 0 Å². The summed E-state index contributed by atoms with van der Waals surface area (Å²) in [5.74, 6) is -1.08. The van der Waals surface area contributed by atoms with Gasteiger partial charge in [0, 0.05) is 12.6 Å². The second-order valence-electron chi connectivity index (χ2n) is 5.16. The number of aromatic nitrogens is 4. The molecule has 0 radical (unpaired) electrons. The zero-order valence-corrected chi connectivity index (χ0v) is 11.8. The first-order valence-corrected chi connectivity index (χ1v) is 7.02. The summed E-state index contributed by atoms with van der Waals surface area (Å²) in [5.41, 5.74) is 1.05. The minimum Gasteiger partial charge on any atom is -0.481 e. The molecule has 1 amide bonds. The van der Waals surface area contributed by atoms with Crippen LogP contribution in [0.1, 0.15) is 29.6 Å². The molecule has 3 rings (SSSR count). The summed E-state index contributed by atoms with van der Waals surface area (Å²) in [4.78, 5) is 25.4. The number of amides is 1. The summed E-state index contributed by atoms with van der Waals surface area (Å²) >= 11 is 0. The molecule has 0 spiro atoms. The SMILES string of the molecule is O=C(O)CC1CCCN1C(=O)c1ccccc1-n1cnnn1. The third-order valence-electron chi connectivity index (χ3n) is 3.78. The quantitative estimate of drug-likeness (QED) is 0.894. The van der Waals surface area contributed by atoms with Crippen molar-refractivity contribution in [2.75, 3.05) is 6.54 Å². The fourth-order valence-corrected chi connectivity index (χ4v) is 2.80. The van der Waals surface area contributed by atoms with Crippen molar-refractivity contribution in [2.45, 2.75) is 25.3 Å². The van der Waals surface area contributed by atoms with Gasteiger partial charge in [-0.1, -0.05) is 12.1 Å². The van der Waals surface area contributed by atoms with Gasteiger partial charge in [0.05, 0.1) is 17.7 Å². The van der Waals surface area contributed by atoms with Crippen molar-refractivity contribution in [2.24, 2.45) is 0 Å². The van der Waals surface area contributed by atoms with Gasteiger partial charge in [-0.25, -0.2) is 0 Å². The topological polar surface area (TPSA) is 101 Å². The van der Waals surface area contributed by atoms with Crippen LogP contribution in [0.2, 0.25) is 0 Å². The highest BCUT2D eigenvalue weighted by Crippen LogP contribution is 2.24. The van der Waals surface area contributed by atoms with Crippen molar-refractivity contribution >= 4 is 11.9 Å². The van der Waals surface area contributed by atoms with Crippen LogP contribution in [0, 0.1) is 0 Å². The van der Waals surface area contributed by atoms with E-state index in [-0.39, 0.29) is 18.4 Å². The van der Waals surface area contributed by atoms with E-state index < -0.39 is 5.97 Å². The van der Waals surface area contributed by atoms with Crippen molar-refractivity contribution in [3.63, 3.8) is 0 Å². The number of carboxylic acid groups (broad SMARTS) is 1. The summed E-state index contributed by atoms with van der Waals surface area (Å²) in [6.07, 6.45) is 2.92. The molecule has 22 heavy (non-hydrogen) atoms. The van der Waals surface area contributed by atoms with E-state index >= 15 is 0 Å². The smallest absolute Gasteiger partial charge is 0.305 e. The molecule has 1 aliphatic heterocycles. The first kappa shape index (κ1) is 14.2. The van der Waals surface area contributed by atoms with E-state index in [1.165, 1.54) is 11.0 Å². The van der Waals surface area contributed by atoms with E-state index in [0.29, 0.717) is 24.2 Å². The first-order chi connectivity index (χ1) is 10.7. The summed E-state index contributed by atoms with van der Waals surface area (Å²) in [7, 11) is 0. The van der Waals surface area contributed by atoms with Crippen molar-refractivity contribution in [3.8, 4) is 5.69 Å². The highest BCUT2D eigenvalue weighted by molar-refractivity contribution is 5.98. The summed E-state index contributed by atoms with van der Waals surface area (Å²) in [6.45, 7) is 0.570. The van der Waals surface area contributed by atoms with Crippen LogP contribution in [0.4, 0.5) is 0 Å². The second kappa shape index (κ2) is 5.92. The van der Waals surface area contributed by atoms with Crippen molar-refractivity contribution in [3.05, 3.63) is 36.2 Å². The van der Waals surface area contributed by atoms with Crippen LogP contribution < -0.4 is 0 Å². The van der Waals surface area contributed by atoms with Crippen LogP contribution in [0.5, 0.6) is 0 Å². The molecule has 0 aliphatic carbocycles. The number of likely N-dealkylation sites (tertiary alicyclic amines) is 1. The van der Waals surface area contributed by atoms with Gasteiger partial charge in [0.2, 0.25) is 0 Å². The third-order valence-corrected chi connectivity index (χ3v) is 3.78. The first-order valence-electron chi connectivity index (χ1n) is 7.02. The Morgan fingerprint density at radius 3 is 2.86 bits per heavy atom. The third kappa shape index (κ3) is 2.67. The van der Waals surface area contributed by atoms with Crippen LogP contribution in [-0.4, -0.2) is 54.7 Å². The largest absolute Gasteiger partial charge is 0.481 e. The number of aliphatic carboxylic acids is 1. The van der Waals surface area contributed by atoms with E-state index in [1.807, 2.05) is 0 Å². The van der Waals surface area contributed by atoms with Crippen molar-refractivity contribution < 1.29 is 14.7 Å². The van der Waals surface area contributed by atoms with E-state index in [0.717, 1.165) is 6.42 Å². The number of carbonyl (C=O) groups is 2. The van der Waals surface area contributed by atoms with Crippen molar-refractivity contribution in [1.82, 2.24) is 25.1 Å². The Hall–Kier alpha value is -2.77. The number of para-hydroxylation sites is 1. The maximum Gasteiger partial charge on any atom is 0.305 e. The van der Waals surface area contributed by atoms with Gasteiger partial charge in [0.15, 0.2) is 0 Å². The molecule has 1 aliphatic rings. The number of benzene rings is 1. The Labute approximate surface area is 126 Å². The Bertz CT molecular complexity index is 686. The molecule has 2 heterocycles. The van der Waals surface area contributed by atoms with Gasteiger partial charge >= 0.3 is 5.97 Å². The van der Waals surface area contributed by atoms with E-state index in [1.54, 1.807) is 29.2 Å². The Morgan fingerprint density at radius 1 is 1.32 bits per heavy atom. The molecular weight excluding hydrogens is 286 g/mol. The number of hydrogen-bond donors (Lipinski definition) is 1. The summed E-state index contributed by atoms with van der Waals surface area (Å²) < 4.78 is 1.43. The highest BCUT2D eigenvalue weighted by Gasteiger charge is 2.32. The lowest BCUT2D eigenvalue weighted by Crippen LogP contribution is -2.37. The molecule has 1 saturated heterocycles. The van der Waals surface area contributed by atoms with Crippen LogP contribution in [0.15, 0.2) is 30.6 Å². The fourth-order valence-electron chi connectivity index (χ4n) is 2.80. The van der Waals surface area contributed by atoms with Gasteiger partial charge in [-0.3, -0.25) is 9.59 Å². The summed E-state index contributed by atoms with van der Waals surface area (Å²) in [5, 5.41) is 20.0. The Kier molecular flexibility index (Phi) is 3.82. The van der Waals surface area contributed by atoms with Crippen molar-refractivity contribution in [1.29, 1.82) is 0 Å². The monoisotopic (exact) mass is 301 g/mol. The Morgan fingerprint density at radius 2 is 2.14 bits per heavy atom. The zero-order chi connectivity index (χ0) is 15.5. The highest BCUT2D eigenvalue weighted by atomic mass is 16.4. The standard InChI is InChI=1S/C14H15N5O3/c20-13(21)8-10-4-3-7-18(10)14(22)11-5-1-2-6-12(11)19-9-15-16-17-19/h1-2,5-6,9-10H,3-4,7-8H2,(H,20,21). The number of nitrogens with zero attached hydrogens (tertiary/aromatic N) is 5. The number of tetrazole rings is 1. The predicted molar refractivity (Wildman–Crippen MR) is 75.5 cm³/mol. The van der Waals surface area contributed by atoms with Gasteiger partial charge in [0.1, 0.15) is 6.33 Å². The number of hydrogen-bond acceptors (Lipinski definition) is 5. The molecule has 0 saturated carbocycles. The lowest BCUT2D eigenvalue weighted by Gasteiger charge is -2.24. The van der Waals surface area contributed by atoms with Crippen LogP contribution >= 0.6 is 0 Å². The molecule has 1 aromatic carbocycles. The number of carbonyl (C=O) groups excluding carboxylic acids is 1. The Balaban J connectivity index is 1.91. The van der Waals surface area contributed by atoms with E-state index in [4.69, 9.17) is 5.11 Å². The fraction of sp³-hybridized carbons (Fsp3) is 0.357. The molecule has 1 atom stereocenters. The lowest BCUT2D eigenvalue weighted by atomic mass is 10.1. The molecule has 114 valence electrons. The average Bonchev–Trinajstić information content (AvgIpc) is 3.17. The molecule has 2 aromatic rings. The van der Waals surface area contributed by atoms with Gasteiger partial charge < -0.3 is 10.0 Å². The minimum atomic E-state index is -0.890. The molecule has 1 unspecified atom stereocenters. The molecule has 8 heteroatoms. The maximum absolute atomic E-state index is 12.8. The average molecular weight is 301 g/mol. The van der Waals surface area contributed by atoms with Gasteiger partial charge in [-0.05, 0) is 35.4 Å². The van der Waals surface area contributed by atoms with Gasteiger partial charge in [-0.15, -0.1) is 5.10 Å². The van der Waals surface area contributed by atoms with E-state index in [2.05, 4.69) is 15.5 Å². The van der Waals surface area contributed by atoms with Crippen LogP contribution in [-0.2, 0) is 4.79 Å². The van der Waals surface area contributed by atoms with Crippen LogP contribution in [0.25, 0.3) is 5.69 Å². The zero-order valence-electron chi connectivity index (χ0n) is 11.8. The molecule has 8 nitrogen and oxygen atoms in total. The van der Waals surface area contributed by atoms with Gasteiger partial charge in [-0.2, -0.15) is 4.68 Å². The molecule has 1 aromatic heterocycles. The molecule has 1 fully saturated rings. The van der Waals surface area contributed by atoms with E-state index in [9.17, 15) is 9.59 Å². The van der Waals surface area contributed by atoms with Gasteiger partial charge in [0.25, 0.3) is 5.91 Å². The number of carboxylic acids is 1. The minimum absolute atomic E-state index is 0.0290. The lowest BCUT2D eigenvalue weighted by molar-refractivity contribution is -0.137. The second-order valence-corrected chi connectivity index (χ2v) is 5.16. The predicted octanol–water partition coefficient (Wildman–Crippen LogP) is 0.742. The normalized spacial score (nSPS) is 17.6. The molecule has 1 N–H and O–H groups in total.